The molecule has 1 aromatic carbocycles. The number of fused-ring (bicyclic) bond motifs is 1. The summed E-state index contributed by atoms with van der Waals surface area (Å²) in [5, 5.41) is 17.8. The van der Waals surface area contributed by atoms with Gasteiger partial charge < -0.3 is 9.84 Å². The predicted molar refractivity (Wildman–Crippen MR) is 84.1 cm³/mol. The Balaban J connectivity index is 1.81. The van der Waals surface area contributed by atoms with Crippen molar-refractivity contribution in [2.24, 2.45) is 0 Å². The van der Waals surface area contributed by atoms with Gasteiger partial charge in [0.15, 0.2) is 12.4 Å². The average Bonchev–Trinajstić information content (AvgIpc) is 3.27. The topological polar surface area (TPSA) is 59.3 Å². The Hall–Kier alpha value is -1.70. The van der Waals surface area contributed by atoms with Crippen molar-refractivity contribution >= 4 is 11.6 Å². The van der Waals surface area contributed by atoms with Crippen molar-refractivity contribution in [1.29, 1.82) is 0 Å². The van der Waals surface area contributed by atoms with Crippen molar-refractivity contribution in [3.63, 3.8) is 0 Å². The highest BCUT2D eigenvalue weighted by Crippen LogP contribution is 2.39. The molecule has 1 aliphatic heterocycles. The fourth-order valence-corrected chi connectivity index (χ4v) is 2.93. The van der Waals surface area contributed by atoms with E-state index in [4.69, 9.17) is 16.3 Å². The first-order valence-corrected chi connectivity index (χ1v) is 8.18. The van der Waals surface area contributed by atoms with Crippen LogP contribution in [-0.4, -0.2) is 33.7 Å². The van der Waals surface area contributed by atoms with Crippen LogP contribution in [0.5, 0.6) is 5.88 Å². The maximum atomic E-state index is 13.9. The second-order valence-electron chi connectivity index (χ2n) is 6.13. The Kier molecular flexibility index (Phi) is 3.94. The van der Waals surface area contributed by atoms with E-state index in [1.54, 1.807) is 6.07 Å². The van der Waals surface area contributed by atoms with E-state index in [0.29, 0.717) is 22.7 Å². The molecule has 0 spiro atoms. The molecular formula is C16H16ClF2N3O2. The van der Waals surface area contributed by atoms with Gasteiger partial charge in [0.05, 0.1) is 17.1 Å². The summed E-state index contributed by atoms with van der Waals surface area (Å²) < 4.78 is 34.3. The average molecular weight is 356 g/mol. The Bertz CT molecular complexity index is 779. The van der Waals surface area contributed by atoms with E-state index in [0.717, 1.165) is 12.8 Å². The molecule has 0 amide bonds. The smallest absolute Gasteiger partial charge is 0.220 e. The largest absolute Gasteiger partial charge is 0.474 e. The minimum Gasteiger partial charge on any atom is -0.474 e. The first kappa shape index (κ1) is 15.8. The molecule has 2 N–H and O–H groups in total. The van der Waals surface area contributed by atoms with Crippen LogP contribution in [0.4, 0.5) is 8.78 Å². The second kappa shape index (κ2) is 5.98. The number of aromatic nitrogens is 2. The third-order valence-corrected chi connectivity index (χ3v) is 4.45. The number of benzene rings is 1. The Morgan fingerprint density at radius 3 is 2.92 bits per heavy atom. The number of halogens is 3. The molecule has 0 radical (unpaired) electrons. The molecule has 8 heteroatoms. The van der Waals surface area contributed by atoms with Crippen LogP contribution in [0.1, 0.15) is 24.8 Å². The van der Waals surface area contributed by atoms with Gasteiger partial charge in [0.1, 0.15) is 18.1 Å². The maximum absolute atomic E-state index is 13.9. The summed E-state index contributed by atoms with van der Waals surface area (Å²) in [5.41, 5.74) is 1.23. The second-order valence-corrected chi connectivity index (χ2v) is 6.54. The minimum absolute atomic E-state index is 0.00253. The molecule has 1 aromatic heterocycles. The fraction of sp³-hybridized carbons (Fsp3) is 0.438. The van der Waals surface area contributed by atoms with E-state index in [-0.39, 0.29) is 24.2 Å². The van der Waals surface area contributed by atoms with Crippen LogP contribution in [0.2, 0.25) is 5.02 Å². The Morgan fingerprint density at radius 1 is 1.42 bits per heavy atom. The van der Waals surface area contributed by atoms with Crippen LogP contribution in [0, 0.1) is 5.82 Å². The van der Waals surface area contributed by atoms with Crippen LogP contribution in [0.25, 0.3) is 11.1 Å². The molecule has 24 heavy (non-hydrogen) atoms. The summed E-state index contributed by atoms with van der Waals surface area (Å²) in [4.78, 5) is 0. The van der Waals surface area contributed by atoms with E-state index in [1.165, 1.54) is 16.8 Å². The summed E-state index contributed by atoms with van der Waals surface area (Å²) in [6.07, 6.45) is -0.239. The van der Waals surface area contributed by atoms with Gasteiger partial charge in [-0.15, -0.1) is 0 Å². The van der Waals surface area contributed by atoms with Crippen molar-refractivity contribution in [1.82, 2.24) is 15.1 Å². The van der Waals surface area contributed by atoms with Crippen molar-refractivity contribution in [2.75, 3.05) is 6.61 Å². The third kappa shape index (κ3) is 2.87. The molecule has 2 aromatic rings. The zero-order valence-electron chi connectivity index (χ0n) is 12.7. The first-order valence-electron chi connectivity index (χ1n) is 7.80. The number of rotatable bonds is 4. The SMILES string of the molecule is OC(NC1CC1)c1nn2c(c1-c1ccc(Cl)c(F)c1)OCC(F)C2. The molecule has 128 valence electrons. The van der Waals surface area contributed by atoms with Gasteiger partial charge in [0, 0.05) is 6.04 Å². The molecule has 2 atom stereocenters. The van der Waals surface area contributed by atoms with Crippen LogP contribution < -0.4 is 10.1 Å². The lowest BCUT2D eigenvalue weighted by molar-refractivity contribution is 0.120. The zero-order valence-corrected chi connectivity index (χ0v) is 13.4. The Labute approximate surface area is 142 Å². The van der Waals surface area contributed by atoms with Gasteiger partial charge in [-0.2, -0.15) is 5.10 Å². The number of aliphatic hydroxyl groups excluding tert-OH is 1. The molecule has 0 bridgehead atoms. The Morgan fingerprint density at radius 2 is 2.21 bits per heavy atom. The van der Waals surface area contributed by atoms with E-state index < -0.39 is 18.2 Å². The lowest BCUT2D eigenvalue weighted by Crippen LogP contribution is -2.27. The van der Waals surface area contributed by atoms with E-state index in [1.807, 2.05) is 0 Å². The van der Waals surface area contributed by atoms with Gasteiger partial charge in [0.2, 0.25) is 5.88 Å². The number of alkyl halides is 1. The summed E-state index contributed by atoms with van der Waals surface area (Å²) in [7, 11) is 0. The summed E-state index contributed by atoms with van der Waals surface area (Å²) in [6, 6.07) is 4.56. The van der Waals surface area contributed by atoms with Crippen molar-refractivity contribution in [2.45, 2.75) is 37.8 Å². The van der Waals surface area contributed by atoms with Gasteiger partial charge in [0.25, 0.3) is 0 Å². The van der Waals surface area contributed by atoms with Crippen LogP contribution in [0.15, 0.2) is 18.2 Å². The third-order valence-electron chi connectivity index (χ3n) is 4.14. The quantitative estimate of drug-likeness (QED) is 0.828. The molecule has 5 nitrogen and oxygen atoms in total. The standard InChI is InChI=1S/C16H16ClF2N3O2/c17-11-4-1-8(5-12(11)19)13-14(15(23)20-10-2-3-10)21-22-6-9(18)7-24-16(13)22/h1,4-5,9-10,15,20,23H,2-3,6-7H2. The fourth-order valence-electron chi connectivity index (χ4n) is 2.81. The highest BCUT2D eigenvalue weighted by Gasteiger charge is 2.33. The molecule has 1 aliphatic carbocycles. The number of ether oxygens (including phenoxy) is 1. The molecule has 2 unspecified atom stereocenters. The zero-order chi connectivity index (χ0) is 16.8. The van der Waals surface area contributed by atoms with Crippen LogP contribution >= 0.6 is 11.6 Å². The maximum Gasteiger partial charge on any atom is 0.220 e. The highest BCUT2D eigenvalue weighted by molar-refractivity contribution is 6.30. The molecule has 2 heterocycles. The van der Waals surface area contributed by atoms with Gasteiger partial charge in [-0.3, -0.25) is 5.32 Å². The lowest BCUT2D eigenvalue weighted by Gasteiger charge is -2.19. The van der Waals surface area contributed by atoms with Gasteiger partial charge >= 0.3 is 0 Å². The number of nitrogens with zero attached hydrogens (tertiary/aromatic N) is 2. The minimum atomic E-state index is -1.17. The highest BCUT2D eigenvalue weighted by atomic mass is 35.5. The number of hydrogen-bond acceptors (Lipinski definition) is 4. The van der Waals surface area contributed by atoms with Crippen molar-refractivity contribution in [3.05, 3.63) is 34.7 Å². The summed E-state index contributed by atoms with van der Waals surface area (Å²) in [6.45, 7) is -0.0606. The molecular weight excluding hydrogens is 340 g/mol. The van der Waals surface area contributed by atoms with E-state index in [2.05, 4.69) is 10.4 Å². The first-order chi connectivity index (χ1) is 11.5. The van der Waals surface area contributed by atoms with Gasteiger partial charge in [-0.1, -0.05) is 17.7 Å². The normalized spacial score (nSPS) is 21.2. The summed E-state index contributed by atoms with van der Waals surface area (Å²) >= 11 is 5.75. The lowest BCUT2D eigenvalue weighted by atomic mass is 10.0. The number of nitrogens with one attached hydrogen (secondary N) is 1. The monoisotopic (exact) mass is 355 g/mol. The molecule has 2 aliphatic rings. The van der Waals surface area contributed by atoms with Gasteiger partial charge in [-0.05, 0) is 30.5 Å². The summed E-state index contributed by atoms with van der Waals surface area (Å²) in [5.74, 6) is -0.249. The van der Waals surface area contributed by atoms with E-state index >= 15 is 0 Å². The van der Waals surface area contributed by atoms with E-state index in [9.17, 15) is 13.9 Å². The molecule has 1 fully saturated rings. The van der Waals surface area contributed by atoms with Crippen molar-refractivity contribution in [3.8, 4) is 17.0 Å². The van der Waals surface area contributed by atoms with Crippen LogP contribution in [-0.2, 0) is 6.54 Å². The molecule has 0 saturated heterocycles. The van der Waals surface area contributed by atoms with Crippen LogP contribution in [0.3, 0.4) is 0 Å². The number of aliphatic hydroxyl groups is 1. The number of hydrogen-bond donors (Lipinski definition) is 2. The van der Waals surface area contributed by atoms with Crippen molar-refractivity contribution < 1.29 is 18.6 Å². The van der Waals surface area contributed by atoms with Gasteiger partial charge in [-0.25, -0.2) is 13.5 Å². The predicted octanol–water partition coefficient (Wildman–Crippen LogP) is 2.82. The molecule has 1 saturated carbocycles. The molecule has 4 rings (SSSR count).